The first-order valence-electron chi connectivity index (χ1n) is 10.5. The number of likely N-dealkylation sites (tertiary alicyclic amines) is 1. The Morgan fingerprint density at radius 2 is 1.80 bits per heavy atom. The first-order valence-corrected chi connectivity index (χ1v) is 10.5. The number of hydrogen-bond donors (Lipinski definition) is 1. The molecule has 158 valence electrons. The quantitative estimate of drug-likeness (QED) is 0.836. The Morgan fingerprint density at radius 1 is 1.07 bits per heavy atom. The van der Waals surface area contributed by atoms with E-state index in [1.54, 1.807) is 0 Å². The molecule has 2 unspecified atom stereocenters. The third kappa shape index (κ3) is 4.27. The number of rotatable bonds is 4. The molecule has 0 saturated carbocycles. The summed E-state index contributed by atoms with van der Waals surface area (Å²) in [6.45, 7) is 7.31. The van der Waals surface area contributed by atoms with Crippen molar-refractivity contribution in [3.05, 3.63) is 58.7 Å². The highest BCUT2D eigenvalue weighted by atomic mass is 16.7. The summed E-state index contributed by atoms with van der Waals surface area (Å²) in [6.07, 6.45) is 1.61. The molecule has 1 fully saturated rings. The predicted molar refractivity (Wildman–Crippen MR) is 114 cm³/mol. The van der Waals surface area contributed by atoms with E-state index in [4.69, 9.17) is 9.47 Å². The molecule has 2 aliphatic rings. The normalized spacial score (nSPS) is 18.8. The van der Waals surface area contributed by atoms with Crippen LogP contribution in [0.25, 0.3) is 0 Å². The maximum absolute atomic E-state index is 13.0. The maximum Gasteiger partial charge on any atom is 0.253 e. The van der Waals surface area contributed by atoms with Crippen molar-refractivity contribution in [1.82, 2.24) is 10.2 Å². The minimum atomic E-state index is -0.204. The summed E-state index contributed by atoms with van der Waals surface area (Å²) in [5, 5.41) is 3.10. The van der Waals surface area contributed by atoms with Gasteiger partial charge in [0, 0.05) is 18.7 Å². The standard InChI is InChI=1S/C24H28N2O4/c1-15-9-16(2)11-20(10-15)24(28)26-8-4-5-19(13-26)23(27)25-17(3)18-6-7-21-22(12-18)30-14-29-21/h6-7,9-12,17,19H,4-5,8,13-14H2,1-3H3,(H,25,27). The van der Waals surface area contributed by atoms with Crippen molar-refractivity contribution < 1.29 is 19.1 Å². The number of carbonyl (C=O) groups is 2. The molecule has 2 amide bonds. The molecule has 2 aliphatic heterocycles. The lowest BCUT2D eigenvalue weighted by Crippen LogP contribution is -2.45. The molecule has 4 rings (SSSR count). The van der Waals surface area contributed by atoms with Crippen LogP contribution >= 0.6 is 0 Å². The van der Waals surface area contributed by atoms with Crippen LogP contribution in [0.15, 0.2) is 36.4 Å². The van der Waals surface area contributed by atoms with Crippen LogP contribution < -0.4 is 14.8 Å². The molecule has 2 aromatic carbocycles. The molecule has 1 saturated heterocycles. The number of piperidine rings is 1. The van der Waals surface area contributed by atoms with Crippen molar-refractivity contribution in [2.45, 2.75) is 39.7 Å². The van der Waals surface area contributed by atoms with Gasteiger partial charge in [-0.25, -0.2) is 0 Å². The van der Waals surface area contributed by atoms with Crippen LogP contribution in [0.3, 0.4) is 0 Å². The SMILES string of the molecule is Cc1cc(C)cc(C(=O)N2CCCC(C(=O)NC(C)c3ccc4c(c3)OCO4)C2)c1. The molecule has 0 aromatic heterocycles. The van der Waals surface area contributed by atoms with Gasteiger partial charge in [-0.1, -0.05) is 23.3 Å². The van der Waals surface area contributed by atoms with Crippen molar-refractivity contribution in [3.63, 3.8) is 0 Å². The van der Waals surface area contributed by atoms with Crippen molar-refractivity contribution in [1.29, 1.82) is 0 Å². The maximum atomic E-state index is 13.0. The van der Waals surface area contributed by atoms with E-state index >= 15 is 0 Å². The van der Waals surface area contributed by atoms with Gasteiger partial charge >= 0.3 is 0 Å². The summed E-state index contributed by atoms with van der Waals surface area (Å²) >= 11 is 0. The minimum Gasteiger partial charge on any atom is -0.454 e. The fourth-order valence-corrected chi connectivity index (χ4v) is 4.25. The summed E-state index contributed by atoms with van der Waals surface area (Å²) in [6, 6.07) is 11.4. The fraction of sp³-hybridized carbons (Fsp3) is 0.417. The second kappa shape index (κ2) is 8.38. The van der Waals surface area contributed by atoms with Crippen LogP contribution in [-0.4, -0.2) is 36.6 Å². The molecule has 0 bridgehead atoms. The molecule has 0 radical (unpaired) electrons. The lowest BCUT2D eigenvalue weighted by molar-refractivity contribution is -0.127. The highest BCUT2D eigenvalue weighted by Crippen LogP contribution is 2.34. The van der Waals surface area contributed by atoms with E-state index in [1.165, 1.54) is 0 Å². The minimum absolute atomic E-state index is 0.00289. The second-order valence-corrected chi connectivity index (χ2v) is 8.31. The Balaban J connectivity index is 1.40. The monoisotopic (exact) mass is 408 g/mol. The number of hydrogen-bond acceptors (Lipinski definition) is 4. The van der Waals surface area contributed by atoms with E-state index < -0.39 is 0 Å². The predicted octanol–water partition coefficient (Wildman–Crippen LogP) is 3.76. The van der Waals surface area contributed by atoms with Crippen molar-refractivity contribution >= 4 is 11.8 Å². The number of fused-ring (bicyclic) bond motifs is 1. The van der Waals surface area contributed by atoms with Crippen LogP contribution in [0, 0.1) is 19.8 Å². The molecule has 30 heavy (non-hydrogen) atoms. The zero-order chi connectivity index (χ0) is 21.3. The number of carbonyl (C=O) groups excluding carboxylic acids is 2. The first kappa shape index (κ1) is 20.3. The van der Waals surface area contributed by atoms with Gasteiger partial charge in [-0.3, -0.25) is 9.59 Å². The number of aryl methyl sites for hydroxylation is 2. The summed E-state index contributed by atoms with van der Waals surface area (Å²) in [5.74, 6) is 1.22. The summed E-state index contributed by atoms with van der Waals surface area (Å²) in [7, 11) is 0. The molecule has 2 aromatic rings. The number of nitrogens with zero attached hydrogens (tertiary/aromatic N) is 1. The van der Waals surface area contributed by atoms with Gasteiger partial charge in [0.2, 0.25) is 12.7 Å². The second-order valence-electron chi connectivity index (χ2n) is 8.31. The Hall–Kier alpha value is -3.02. The van der Waals surface area contributed by atoms with Crippen molar-refractivity contribution in [2.24, 2.45) is 5.92 Å². The van der Waals surface area contributed by atoms with Crippen LogP contribution in [0.4, 0.5) is 0 Å². The summed E-state index contributed by atoms with van der Waals surface area (Å²) < 4.78 is 10.8. The molecule has 6 nitrogen and oxygen atoms in total. The zero-order valence-corrected chi connectivity index (χ0v) is 17.7. The van der Waals surface area contributed by atoms with E-state index in [0.717, 1.165) is 35.3 Å². The summed E-state index contributed by atoms with van der Waals surface area (Å²) in [4.78, 5) is 27.7. The molecule has 0 aliphatic carbocycles. The zero-order valence-electron chi connectivity index (χ0n) is 17.7. The molecule has 2 atom stereocenters. The highest BCUT2D eigenvalue weighted by Gasteiger charge is 2.30. The fourth-order valence-electron chi connectivity index (χ4n) is 4.25. The smallest absolute Gasteiger partial charge is 0.253 e. The van der Waals surface area contributed by atoms with Gasteiger partial charge in [0.25, 0.3) is 5.91 Å². The first-order chi connectivity index (χ1) is 14.4. The van der Waals surface area contributed by atoms with Crippen LogP contribution in [0.1, 0.15) is 52.9 Å². The Morgan fingerprint density at radius 3 is 2.57 bits per heavy atom. The van der Waals surface area contributed by atoms with E-state index in [2.05, 4.69) is 11.4 Å². The Labute approximate surface area is 177 Å². The van der Waals surface area contributed by atoms with E-state index in [1.807, 2.05) is 56.0 Å². The molecule has 0 spiro atoms. The molecular formula is C24H28N2O4. The van der Waals surface area contributed by atoms with Crippen molar-refractivity contribution in [3.8, 4) is 11.5 Å². The number of benzene rings is 2. The number of ether oxygens (including phenoxy) is 2. The average molecular weight is 408 g/mol. The van der Waals surface area contributed by atoms with E-state index in [0.29, 0.717) is 24.4 Å². The Kier molecular flexibility index (Phi) is 5.66. The number of nitrogens with one attached hydrogen (secondary N) is 1. The van der Waals surface area contributed by atoms with E-state index in [9.17, 15) is 9.59 Å². The van der Waals surface area contributed by atoms with Gasteiger partial charge in [-0.05, 0) is 63.4 Å². The third-order valence-electron chi connectivity index (χ3n) is 5.80. The van der Waals surface area contributed by atoms with Crippen molar-refractivity contribution in [2.75, 3.05) is 19.9 Å². The number of amides is 2. The molecule has 6 heteroatoms. The Bertz CT molecular complexity index is 951. The van der Waals surface area contributed by atoms with Gasteiger partial charge in [0.15, 0.2) is 11.5 Å². The van der Waals surface area contributed by atoms with Crippen LogP contribution in [0.5, 0.6) is 11.5 Å². The van der Waals surface area contributed by atoms with E-state index in [-0.39, 0.29) is 30.6 Å². The largest absolute Gasteiger partial charge is 0.454 e. The van der Waals surface area contributed by atoms with Gasteiger partial charge in [0.05, 0.1) is 12.0 Å². The van der Waals surface area contributed by atoms with Gasteiger partial charge in [-0.15, -0.1) is 0 Å². The highest BCUT2D eigenvalue weighted by molar-refractivity contribution is 5.95. The summed E-state index contributed by atoms with van der Waals surface area (Å²) in [5.41, 5.74) is 3.80. The van der Waals surface area contributed by atoms with Gasteiger partial charge in [-0.2, -0.15) is 0 Å². The van der Waals surface area contributed by atoms with Crippen LogP contribution in [0.2, 0.25) is 0 Å². The molecule has 1 N–H and O–H groups in total. The van der Waals surface area contributed by atoms with Crippen LogP contribution in [-0.2, 0) is 4.79 Å². The average Bonchev–Trinajstić information content (AvgIpc) is 3.20. The lowest BCUT2D eigenvalue weighted by Gasteiger charge is -2.33. The molecular weight excluding hydrogens is 380 g/mol. The van der Waals surface area contributed by atoms with Gasteiger partial charge in [0.1, 0.15) is 0 Å². The topological polar surface area (TPSA) is 67.9 Å². The molecule has 2 heterocycles. The third-order valence-corrected chi connectivity index (χ3v) is 5.80. The van der Waals surface area contributed by atoms with Gasteiger partial charge < -0.3 is 19.7 Å². The lowest BCUT2D eigenvalue weighted by atomic mass is 9.95.